The summed E-state index contributed by atoms with van der Waals surface area (Å²) >= 11 is 0. The minimum atomic E-state index is -0.302. The number of aliphatic hydroxyl groups excluding tert-OH is 3. The van der Waals surface area contributed by atoms with Crippen LogP contribution in [-0.4, -0.2) is 33.6 Å². The van der Waals surface area contributed by atoms with Crippen LogP contribution in [0.2, 0.25) is 0 Å². The van der Waals surface area contributed by atoms with E-state index >= 15 is 0 Å². The fraction of sp³-hybridized carbons (Fsp3) is 1.00. The molecule has 0 bridgehead atoms. The lowest BCUT2D eigenvalue weighted by Crippen LogP contribution is -2.51. The first-order chi connectivity index (χ1) is 16.1. The molecule has 34 heavy (non-hydrogen) atoms. The summed E-state index contributed by atoms with van der Waals surface area (Å²) in [5, 5.41) is 34.6. The van der Waals surface area contributed by atoms with Crippen molar-refractivity contribution in [2.45, 2.75) is 131 Å². The number of rotatable bonds is 8. The Labute approximate surface area is 211 Å². The fourth-order valence-corrected chi connectivity index (χ4v) is 9.28. The fourth-order valence-electron chi connectivity index (χ4n) is 9.28. The third-order valence-corrected chi connectivity index (χ3v) is 10.6. The normalized spacial score (nSPS) is 47.8. The van der Waals surface area contributed by atoms with Gasteiger partial charge >= 0.3 is 0 Å². The highest BCUT2D eigenvalue weighted by Gasteiger charge is 2.49. The first kappa shape index (κ1) is 28.5. The van der Waals surface area contributed by atoms with Crippen molar-refractivity contribution in [3.8, 4) is 0 Å². The van der Waals surface area contributed by atoms with Gasteiger partial charge in [-0.05, 0) is 116 Å². The van der Waals surface area contributed by atoms with Gasteiger partial charge in [-0.2, -0.15) is 0 Å². The van der Waals surface area contributed by atoms with Gasteiger partial charge in [0.1, 0.15) is 0 Å². The third-order valence-electron chi connectivity index (χ3n) is 10.6. The standard InChI is InChI=1S/C31H58O3/c1-8-10-23(25-14-18(3)12-21(6)29(25)32)27-16-20(5)17-28(31(27)34)24(11-9-2)26-15-19(4)13-22(7)30(26)33/h18-34H,8-17H2,1-7H3. The Morgan fingerprint density at radius 2 is 0.794 bits per heavy atom. The zero-order valence-electron chi connectivity index (χ0n) is 23.5. The minimum Gasteiger partial charge on any atom is -0.393 e. The van der Waals surface area contributed by atoms with Crippen LogP contribution < -0.4 is 0 Å². The second kappa shape index (κ2) is 12.4. The maximum Gasteiger partial charge on any atom is 0.0602 e. The average molecular weight is 479 g/mol. The van der Waals surface area contributed by atoms with Crippen molar-refractivity contribution in [2.75, 3.05) is 0 Å². The zero-order chi connectivity index (χ0) is 25.2. The SMILES string of the molecule is CCCC(C1CC(C)CC(C)C1O)C1CC(C)CC(C(CCC)C2CC(C)CC(C)C2O)C1O. The maximum absolute atomic E-state index is 12.1. The van der Waals surface area contributed by atoms with Crippen molar-refractivity contribution in [1.82, 2.24) is 0 Å². The van der Waals surface area contributed by atoms with E-state index in [0.717, 1.165) is 64.2 Å². The molecular weight excluding hydrogens is 420 g/mol. The Morgan fingerprint density at radius 3 is 1.12 bits per heavy atom. The van der Waals surface area contributed by atoms with Crippen LogP contribution in [0.4, 0.5) is 0 Å². The van der Waals surface area contributed by atoms with Gasteiger partial charge in [-0.3, -0.25) is 0 Å². The van der Waals surface area contributed by atoms with Gasteiger partial charge in [0.2, 0.25) is 0 Å². The molecule has 3 nitrogen and oxygen atoms in total. The van der Waals surface area contributed by atoms with E-state index in [1.807, 2.05) is 0 Å². The van der Waals surface area contributed by atoms with Gasteiger partial charge in [0, 0.05) is 0 Å². The van der Waals surface area contributed by atoms with E-state index in [0.29, 0.717) is 53.3 Å². The number of hydrogen-bond acceptors (Lipinski definition) is 3. The topological polar surface area (TPSA) is 60.7 Å². The molecule has 0 aromatic heterocycles. The predicted molar refractivity (Wildman–Crippen MR) is 142 cm³/mol. The van der Waals surface area contributed by atoms with E-state index in [1.54, 1.807) is 0 Å². The number of hydrogen-bond donors (Lipinski definition) is 3. The van der Waals surface area contributed by atoms with Crippen LogP contribution in [0.15, 0.2) is 0 Å². The quantitative estimate of drug-likeness (QED) is 0.354. The van der Waals surface area contributed by atoms with Crippen molar-refractivity contribution in [1.29, 1.82) is 0 Å². The van der Waals surface area contributed by atoms with Crippen molar-refractivity contribution in [3.63, 3.8) is 0 Å². The van der Waals surface area contributed by atoms with Crippen LogP contribution in [0, 0.1) is 65.1 Å². The van der Waals surface area contributed by atoms with Crippen LogP contribution >= 0.6 is 0 Å². The van der Waals surface area contributed by atoms with Crippen molar-refractivity contribution in [3.05, 3.63) is 0 Å². The van der Waals surface area contributed by atoms with Crippen molar-refractivity contribution in [2.24, 2.45) is 65.1 Å². The van der Waals surface area contributed by atoms with Crippen molar-refractivity contribution >= 4 is 0 Å². The first-order valence-electron chi connectivity index (χ1n) is 15.1. The lowest BCUT2D eigenvalue weighted by Gasteiger charge is -2.52. The van der Waals surface area contributed by atoms with Gasteiger partial charge in [-0.15, -0.1) is 0 Å². The second-order valence-corrected chi connectivity index (χ2v) is 13.7. The van der Waals surface area contributed by atoms with Crippen LogP contribution in [0.1, 0.15) is 113 Å². The molecule has 0 aromatic carbocycles. The Bertz CT molecular complexity index is 557. The Hall–Kier alpha value is -0.120. The van der Waals surface area contributed by atoms with Crippen LogP contribution in [0.25, 0.3) is 0 Å². The van der Waals surface area contributed by atoms with Gasteiger partial charge < -0.3 is 15.3 Å². The smallest absolute Gasteiger partial charge is 0.0602 e. The summed E-state index contributed by atoms with van der Waals surface area (Å²) in [5.41, 5.74) is 0. The highest BCUT2D eigenvalue weighted by atomic mass is 16.3. The molecule has 3 aliphatic rings. The molecule has 0 amide bonds. The van der Waals surface area contributed by atoms with Crippen LogP contribution in [-0.2, 0) is 0 Å². The summed E-state index contributed by atoms with van der Waals surface area (Å²) in [6.45, 7) is 16.1. The molecule has 0 heterocycles. The summed E-state index contributed by atoms with van der Waals surface area (Å²) < 4.78 is 0. The first-order valence-corrected chi connectivity index (χ1v) is 15.1. The Balaban J connectivity index is 1.89. The molecule has 3 N–H and O–H groups in total. The summed E-state index contributed by atoms with van der Waals surface area (Å²) in [4.78, 5) is 0. The molecule has 200 valence electrons. The molecule has 0 saturated heterocycles. The van der Waals surface area contributed by atoms with Gasteiger partial charge in [-0.1, -0.05) is 61.3 Å². The summed E-state index contributed by atoms with van der Waals surface area (Å²) in [6.07, 6.45) is 10.3. The molecule has 12 unspecified atom stereocenters. The monoisotopic (exact) mass is 478 g/mol. The molecule has 3 fully saturated rings. The predicted octanol–water partition coefficient (Wildman–Crippen LogP) is 6.93. The van der Waals surface area contributed by atoms with E-state index in [-0.39, 0.29) is 30.1 Å². The molecular formula is C31H58O3. The Kier molecular flexibility index (Phi) is 10.4. The largest absolute Gasteiger partial charge is 0.393 e. The summed E-state index contributed by atoms with van der Waals surface area (Å²) in [7, 11) is 0. The highest BCUT2D eigenvalue weighted by molar-refractivity contribution is 4.99. The molecule has 3 rings (SSSR count). The molecule has 0 aliphatic heterocycles. The molecule has 0 spiro atoms. The van der Waals surface area contributed by atoms with E-state index in [4.69, 9.17) is 0 Å². The molecule has 0 aromatic rings. The van der Waals surface area contributed by atoms with Crippen molar-refractivity contribution < 1.29 is 15.3 Å². The Morgan fingerprint density at radius 1 is 0.500 bits per heavy atom. The van der Waals surface area contributed by atoms with Gasteiger partial charge in [0.25, 0.3) is 0 Å². The summed E-state index contributed by atoms with van der Waals surface area (Å²) in [5.74, 6) is 4.62. The van der Waals surface area contributed by atoms with E-state index < -0.39 is 0 Å². The van der Waals surface area contributed by atoms with Gasteiger partial charge in [0.15, 0.2) is 0 Å². The van der Waals surface area contributed by atoms with E-state index in [9.17, 15) is 15.3 Å². The van der Waals surface area contributed by atoms with Crippen LogP contribution in [0.5, 0.6) is 0 Å². The second-order valence-electron chi connectivity index (χ2n) is 13.7. The maximum atomic E-state index is 12.1. The van der Waals surface area contributed by atoms with Crippen LogP contribution in [0.3, 0.4) is 0 Å². The summed E-state index contributed by atoms with van der Waals surface area (Å²) in [6, 6.07) is 0. The molecule has 3 saturated carbocycles. The average Bonchev–Trinajstić information content (AvgIpc) is 2.77. The van der Waals surface area contributed by atoms with Gasteiger partial charge in [-0.25, -0.2) is 0 Å². The third kappa shape index (κ3) is 6.23. The molecule has 0 radical (unpaired) electrons. The highest BCUT2D eigenvalue weighted by Crippen LogP contribution is 2.52. The molecule has 3 heteroatoms. The minimum absolute atomic E-state index is 0.232. The molecule has 3 aliphatic carbocycles. The lowest BCUT2D eigenvalue weighted by atomic mass is 9.56. The van der Waals surface area contributed by atoms with Gasteiger partial charge in [0.05, 0.1) is 18.3 Å². The zero-order valence-corrected chi connectivity index (χ0v) is 23.5. The number of aliphatic hydroxyl groups is 3. The van der Waals surface area contributed by atoms with E-state index in [1.165, 1.54) is 0 Å². The molecule has 12 atom stereocenters. The van der Waals surface area contributed by atoms with E-state index in [2.05, 4.69) is 48.5 Å². The lowest BCUT2D eigenvalue weighted by molar-refractivity contribution is -0.115.